The fourth-order valence-electron chi connectivity index (χ4n) is 1.80. The third-order valence-electron chi connectivity index (χ3n) is 2.93. The summed E-state index contributed by atoms with van der Waals surface area (Å²) in [6, 6.07) is 6.04. The predicted molar refractivity (Wildman–Crippen MR) is 71.1 cm³/mol. The van der Waals surface area contributed by atoms with Crippen LogP contribution in [0.1, 0.15) is 0 Å². The fourth-order valence-corrected chi connectivity index (χ4v) is 2.86. The lowest BCUT2D eigenvalue weighted by molar-refractivity contribution is 0.135. The molecule has 0 radical (unpaired) electrons. The van der Waals surface area contributed by atoms with Crippen LogP contribution in [0.4, 0.5) is 4.79 Å². The van der Waals surface area contributed by atoms with E-state index in [9.17, 15) is 13.2 Å². The molecule has 110 valence electrons. The van der Waals surface area contributed by atoms with Gasteiger partial charge in [-0.15, -0.1) is 0 Å². The van der Waals surface area contributed by atoms with Crippen molar-refractivity contribution >= 4 is 16.1 Å². The Balaban J connectivity index is 1.98. The molecule has 7 nitrogen and oxygen atoms in total. The van der Waals surface area contributed by atoms with Crippen LogP contribution in [-0.2, 0) is 14.8 Å². The largest absolute Gasteiger partial charge is 0.497 e. The molecule has 20 heavy (non-hydrogen) atoms. The van der Waals surface area contributed by atoms with Gasteiger partial charge in [-0.1, -0.05) is 0 Å². The number of amides is 1. The molecule has 2 rings (SSSR count). The van der Waals surface area contributed by atoms with Gasteiger partial charge in [0.2, 0.25) is 10.0 Å². The molecule has 8 heteroatoms. The van der Waals surface area contributed by atoms with Crippen LogP contribution >= 0.6 is 0 Å². The normalized spacial score (nSPS) is 19.0. The fraction of sp³-hybridized carbons (Fsp3) is 0.417. The van der Waals surface area contributed by atoms with Crippen LogP contribution in [0.5, 0.6) is 5.75 Å². The number of benzene rings is 1. The van der Waals surface area contributed by atoms with Gasteiger partial charge < -0.3 is 14.4 Å². The third-order valence-corrected chi connectivity index (χ3v) is 4.37. The van der Waals surface area contributed by atoms with Crippen molar-refractivity contribution in [3.8, 4) is 5.75 Å². The molecule has 1 saturated heterocycles. The van der Waals surface area contributed by atoms with Crippen molar-refractivity contribution in [1.82, 2.24) is 9.62 Å². The van der Waals surface area contributed by atoms with E-state index in [1.54, 1.807) is 19.2 Å². The van der Waals surface area contributed by atoms with Crippen molar-refractivity contribution in [2.45, 2.75) is 11.0 Å². The average Bonchev–Trinajstić information content (AvgIpc) is 2.76. The number of carbonyl (C=O) groups excluding carboxylic acids is 1. The number of sulfonamides is 1. The second-order valence-corrected chi connectivity index (χ2v) is 6.18. The number of ether oxygens (including phenoxy) is 2. The first-order valence-corrected chi connectivity index (χ1v) is 7.46. The van der Waals surface area contributed by atoms with Gasteiger partial charge in [-0.3, -0.25) is 0 Å². The van der Waals surface area contributed by atoms with Gasteiger partial charge in [0.1, 0.15) is 11.9 Å². The maximum absolute atomic E-state index is 12.0. The van der Waals surface area contributed by atoms with Crippen LogP contribution in [-0.4, -0.2) is 52.8 Å². The van der Waals surface area contributed by atoms with Crippen LogP contribution in [0, 0.1) is 0 Å². The first-order chi connectivity index (χ1) is 9.42. The molecule has 0 aliphatic carbocycles. The molecule has 0 aromatic heterocycles. The summed E-state index contributed by atoms with van der Waals surface area (Å²) in [7, 11) is -0.519. The summed E-state index contributed by atoms with van der Waals surface area (Å²) in [6.07, 6.45) is -0.917. The lowest BCUT2D eigenvalue weighted by atomic mass is 10.3. The Morgan fingerprint density at radius 2 is 2.05 bits per heavy atom. The topological polar surface area (TPSA) is 84.9 Å². The number of hydrogen-bond acceptors (Lipinski definition) is 5. The summed E-state index contributed by atoms with van der Waals surface area (Å²) < 4.78 is 36.5. The van der Waals surface area contributed by atoms with Gasteiger partial charge in [-0.05, 0) is 24.3 Å². The van der Waals surface area contributed by atoms with Gasteiger partial charge in [0.05, 0.1) is 18.6 Å². The molecule has 1 aromatic carbocycles. The Morgan fingerprint density at radius 3 is 2.55 bits per heavy atom. The SMILES string of the molecule is COc1ccc(S(=O)(=O)NCC2CN(C)C(=O)O2)cc1. The van der Waals surface area contributed by atoms with Crippen molar-refractivity contribution in [2.75, 3.05) is 27.2 Å². The highest BCUT2D eigenvalue weighted by atomic mass is 32.2. The molecule has 1 amide bonds. The highest BCUT2D eigenvalue weighted by Gasteiger charge is 2.29. The Bertz CT molecular complexity index is 584. The minimum Gasteiger partial charge on any atom is -0.497 e. The summed E-state index contributed by atoms with van der Waals surface area (Å²) in [6.45, 7) is 0.411. The number of hydrogen-bond donors (Lipinski definition) is 1. The number of likely N-dealkylation sites (N-methyl/N-ethyl adjacent to an activating group) is 1. The predicted octanol–water partition coefficient (Wildman–Crippen LogP) is 0.424. The van der Waals surface area contributed by atoms with E-state index in [4.69, 9.17) is 9.47 Å². The molecule has 0 bridgehead atoms. The number of carbonyl (C=O) groups is 1. The molecule has 1 aliphatic rings. The highest BCUT2D eigenvalue weighted by molar-refractivity contribution is 7.89. The maximum atomic E-state index is 12.0. The zero-order chi connectivity index (χ0) is 14.8. The monoisotopic (exact) mass is 300 g/mol. The summed E-state index contributed by atoms with van der Waals surface area (Å²) in [5.74, 6) is 0.579. The van der Waals surface area contributed by atoms with E-state index in [1.807, 2.05) is 0 Å². The first kappa shape index (κ1) is 14.6. The summed E-state index contributed by atoms with van der Waals surface area (Å²) in [5, 5.41) is 0. The number of nitrogens with zero attached hydrogens (tertiary/aromatic N) is 1. The van der Waals surface area contributed by atoms with E-state index >= 15 is 0 Å². The molecule has 1 N–H and O–H groups in total. The quantitative estimate of drug-likeness (QED) is 0.852. The summed E-state index contributed by atoms with van der Waals surface area (Å²) in [4.78, 5) is 12.7. The van der Waals surface area contributed by atoms with Crippen molar-refractivity contribution < 1.29 is 22.7 Å². The molecule has 1 heterocycles. The number of methoxy groups -OCH3 is 1. The van der Waals surface area contributed by atoms with Gasteiger partial charge in [0, 0.05) is 13.6 Å². The standard InChI is InChI=1S/C12H16N2O5S/c1-14-8-10(19-12(14)15)7-13-20(16,17)11-5-3-9(18-2)4-6-11/h3-6,10,13H,7-8H2,1-2H3. The molecular weight excluding hydrogens is 284 g/mol. The lowest BCUT2D eigenvalue weighted by Gasteiger charge is -2.10. The van der Waals surface area contributed by atoms with Crippen molar-refractivity contribution in [1.29, 1.82) is 0 Å². The smallest absolute Gasteiger partial charge is 0.410 e. The zero-order valence-electron chi connectivity index (χ0n) is 11.2. The Hall–Kier alpha value is -1.80. The number of cyclic esters (lactones) is 1. The average molecular weight is 300 g/mol. The first-order valence-electron chi connectivity index (χ1n) is 5.98. The van der Waals surface area contributed by atoms with Crippen molar-refractivity contribution in [2.24, 2.45) is 0 Å². The lowest BCUT2D eigenvalue weighted by Crippen LogP contribution is -2.34. The minimum atomic E-state index is -3.62. The molecular formula is C12H16N2O5S. The Labute approximate surface area is 117 Å². The molecule has 1 unspecified atom stereocenters. The molecule has 1 aliphatic heterocycles. The number of rotatable bonds is 5. The highest BCUT2D eigenvalue weighted by Crippen LogP contribution is 2.15. The van der Waals surface area contributed by atoms with Gasteiger partial charge in [0.25, 0.3) is 0 Å². The minimum absolute atomic E-state index is 0.0461. The molecule has 1 fully saturated rings. The molecule has 1 atom stereocenters. The summed E-state index contributed by atoms with van der Waals surface area (Å²) >= 11 is 0. The van der Waals surface area contributed by atoms with E-state index in [0.29, 0.717) is 12.3 Å². The maximum Gasteiger partial charge on any atom is 0.410 e. The molecule has 0 saturated carbocycles. The van der Waals surface area contributed by atoms with E-state index in [2.05, 4.69) is 4.72 Å². The van der Waals surface area contributed by atoms with E-state index in [1.165, 1.54) is 24.1 Å². The van der Waals surface area contributed by atoms with Gasteiger partial charge in [0.15, 0.2) is 0 Å². The van der Waals surface area contributed by atoms with Crippen molar-refractivity contribution in [3.05, 3.63) is 24.3 Å². The van der Waals surface area contributed by atoms with Crippen LogP contribution in [0.25, 0.3) is 0 Å². The van der Waals surface area contributed by atoms with Crippen LogP contribution in [0.3, 0.4) is 0 Å². The van der Waals surface area contributed by atoms with Crippen molar-refractivity contribution in [3.63, 3.8) is 0 Å². The van der Waals surface area contributed by atoms with Gasteiger partial charge in [-0.25, -0.2) is 17.9 Å². The third kappa shape index (κ3) is 3.20. The Kier molecular flexibility index (Phi) is 4.15. The number of nitrogens with one attached hydrogen (secondary N) is 1. The van der Waals surface area contributed by atoms with E-state index in [0.717, 1.165) is 0 Å². The van der Waals surface area contributed by atoms with E-state index < -0.39 is 22.2 Å². The van der Waals surface area contributed by atoms with Crippen LogP contribution < -0.4 is 9.46 Å². The van der Waals surface area contributed by atoms with Crippen LogP contribution in [0.15, 0.2) is 29.2 Å². The van der Waals surface area contributed by atoms with Crippen LogP contribution in [0.2, 0.25) is 0 Å². The van der Waals surface area contributed by atoms with E-state index in [-0.39, 0.29) is 11.4 Å². The summed E-state index contributed by atoms with van der Waals surface area (Å²) in [5.41, 5.74) is 0. The Morgan fingerprint density at radius 1 is 1.40 bits per heavy atom. The molecule has 1 aromatic rings. The second kappa shape index (κ2) is 5.68. The second-order valence-electron chi connectivity index (χ2n) is 4.41. The molecule has 0 spiro atoms. The zero-order valence-corrected chi connectivity index (χ0v) is 12.0. The van der Waals surface area contributed by atoms with Gasteiger partial charge >= 0.3 is 6.09 Å². The van der Waals surface area contributed by atoms with Gasteiger partial charge in [-0.2, -0.15) is 0 Å².